The van der Waals surface area contributed by atoms with Crippen LogP contribution < -0.4 is 10.1 Å². The van der Waals surface area contributed by atoms with Crippen molar-refractivity contribution in [2.75, 3.05) is 12.4 Å². The van der Waals surface area contributed by atoms with Crippen LogP contribution in [-0.2, 0) is 0 Å². The second-order valence-electron chi connectivity index (χ2n) is 4.43. The van der Waals surface area contributed by atoms with Gasteiger partial charge in [-0.25, -0.2) is 0 Å². The molecule has 0 saturated carbocycles. The molecule has 0 aliphatic heterocycles. The summed E-state index contributed by atoms with van der Waals surface area (Å²) >= 11 is 3.34. The standard InChI is InChI=1S/C16H14BrNO3/c1-10(19)11-3-5-12(6-4-11)18-16(20)14-9-13(21-2)7-8-15(14)17/h3-9H,1-2H3,(H,18,20). The van der Waals surface area contributed by atoms with Crippen LogP contribution >= 0.6 is 15.9 Å². The Morgan fingerprint density at radius 3 is 2.33 bits per heavy atom. The summed E-state index contributed by atoms with van der Waals surface area (Å²) in [6.45, 7) is 1.50. The van der Waals surface area contributed by atoms with Crippen molar-refractivity contribution in [1.29, 1.82) is 0 Å². The highest BCUT2D eigenvalue weighted by atomic mass is 79.9. The van der Waals surface area contributed by atoms with Gasteiger partial charge in [0.2, 0.25) is 0 Å². The number of hydrogen-bond acceptors (Lipinski definition) is 3. The smallest absolute Gasteiger partial charge is 0.256 e. The second kappa shape index (κ2) is 6.54. The molecule has 0 bridgehead atoms. The number of methoxy groups -OCH3 is 1. The quantitative estimate of drug-likeness (QED) is 0.853. The number of anilines is 1. The molecule has 108 valence electrons. The maximum Gasteiger partial charge on any atom is 0.256 e. The SMILES string of the molecule is COc1ccc(Br)c(C(=O)Nc2ccc(C(C)=O)cc2)c1. The van der Waals surface area contributed by atoms with Crippen molar-refractivity contribution >= 4 is 33.3 Å². The molecule has 5 heteroatoms. The Bertz CT molecular complexity index is 680. The largest absolute Gasteiger partial charge is 0.497 e. The fourth-order valence-corrected chi connectivity index (χ4v) is 2.22. The highest BCUT2D eigenvalue weighted by Crippen LogP contribution is 2.23. The number of hydrogen-bond donors (Lipinski definition) is 1. The van der Waals surface area contributed by atoms with Gasteiger partial charge < -0.3 is 10.1 Å². The molecule has 2 rings (SSSR count). The molecule has 21 heavy (non-hydrogen) atoms. The summed E-state index contributed by atoms with van der Waals surface area (Å²) in [6, 6.07) is 11.9. The summed E-state index contributed by atoms with van der Waals surface area (Å²) in [5.41, 5.74) is 1.71. The Morgan fingerprint density at radius 2 is 1.76 bits per heavy atom. The third kappa shape index (κ3) is 3.70. The highest BCUT2D eigenvalue weighted by molar-refractivity contribution is 9.10. The number of Topliss-reactive ketones (excluding diaryl/α,β-unsaturated/α-hetero) is 1. The molecule has 0 saturated heterocycles. The number of rotatable bonds is 4. The summed E-state index contributed by atoms with van der Waals surface area (Å²) in [5.74, 6) is 0.343. The zero-order valence-corrected chi connectivity index (χ0v) is 13.2. The Balaban J connectivity index is 2.19. The Hall–Kier alpha value is -2.14. The number of carbonyl (C=O) groups is 2. The average Bonchev–Trinajstić information content (AvgIpc) is 2.48. The van der Waals surface area contributed by atoms with E-state index in [2.05, 4.69) is 21.2 Å². The van der Waals surface area contributed by atoms with E-state index in [9.17, 15) is 9.59 Å². The van der Waals surface area contributed by atoms with Crippen molar-refractivity contribution in [3.8, 4) is 5.75 Å². The molecule has 0 spiro atoms. The van der Waals surface area contributed by atoms with E-state index in [0.29, 0.717) is 27.0 Å². The van der Waals surface area contributed by atoms with E-state index in [1.807, 2.05) is 0 Å². The van der Waals surface area contributed by atoms with E-state index < -0.39 is 0 Å². The van der Waals surface area contributed by atoms with Gasteiger partial charge in [-0.3, -0.25) is 9.59 Å². The van der Waals surface area contributed by atoms with Gasteiger partial charge in [-0.15, -0.1) is 0 Å². The molecule has 2 aromatic rings. The topological polar surface area (TPSA) is 55.4 Å². The summed E-state index contributed by atoms with van der Waals surface area (Å²) in [7, 11) is 1.55. The number of halogens is 1. The number of ether oxygens (including phenoxy) is 1. The van der Waals surface area contributed by atoms with E-state index in [-0.39, 0.29) is 11.7 Å². The van der Waals surface area contributed by atoms with Crippen molar-refractivity contribution in [3.63, 3.8) is 0 Å². The molecule has 0 atom stereocenters. The summed E-state index contributed by atoms with van der Waals surface area (Å²) in [6.07, 6.45) is 0. The zero-order valence-electron chi connectivity index (χ0n) is 11.6. The summed E-state index contributed by atoms with van der Waals surface area (Å²) in [5, 5.41) is 2.78. The Kier molecular flexibility index (Phi) is 4.75. The number of benzene rings is 2. The molecule has 0 aliphatic rings. The van der Waals surface area contributed by atoms with Gasteiger partial charge in [0.25, 0.3) is 5.91 Å². The van der Waals surface area contributed by atoms with Gasteiger partial charge in [-0.05, 0) is 65.3 Å². The lowest BCUT2D eigenvalue weighted by Crippen LogP contribution is -2.12. The molecule has 1 N–H and O–H groups in total. The molecule has 0 aliphatic carbocycles. The van der Waals surface area contributed by atoms with Crippen LogP contribution in [0.5, 0.6) is 5.75 Å². The molecule has 4 nitrogen and oxygen atoms in total. The summed E-state index contributed by atoms with van der Waals surface area (Å²) in [4.78, 5) is 23.5. The van der Waals surface area contributed by atoms with Crippen LogP contribution in [0.25, 0.3) is 0 Å². The number of ketones is 1. The molecular formula is C16H14BrNO3. The van der Waals surface area contributed by atoms with E-state index in [4.69, 9.17) is 4.74 Å². The molecule has 1 amide bonds. The molecular weight excluding hydrogens is 334 g/mol. The third-order valence-corrected chi connectivity index (χ3v) is 3.66. The fraction of sp³-hybridized carbons (Fsp3) is 0.125. The third-order valence-electron chi connectivity index (χ3n) is 2.97. The minimum absolute atomic E-state index is 0.0107. The molecule has 0 unspecified atom stereocenters. The molecule has 0 radical (unpaired) electrons. The lowest BCUT2D eigenvalue weighted by atomic mass is 10.1. The Morgan fingerprint density at radius 1 is 1.10 bits per heavy atom. The van der Waals surface area contributed by atoms with Gasteiger partial charge in [-0.2, -0.15) is 0 Å². The number of amides is 1. The van der Waals surface area contributed by atoms with E-state index in [1.165, 1.54) is 6.92 Å². The van der Waals surface area contributed by atoms with E-state index in [1.54, 1.807) is 49.6 Å². The number of carbonyl (C=O) groups excluding carboxylic acids is 2. The zero-order chi connectivity index (χ0) is 15.4. The van der Waals surface area contributed by atoms with Crippen LogP contribution in [0.2, 0.25) is 0 Å². The van der Waals surface area contributed by atoms with Gasteiger partial charge in [0.1, 0.15) is 5.75 Å². The first-order chi connectivity index (χ1) is 10.0. The normalized spacial score (nSPS) is 10.0. The summed E-state index contributed by atoms with van der Waals surface area (Å²) < 4.78 is 5.80. The van der Waals surface area contributed by atoms with Gasteiger partial charge in [0.05, 0.1) is 12.7 Å². The van der Waals surface area contributed by atoms with Gasteiger partial charge in [0.15, 0.2) is 5.78 Å². The second-order valence-corrected chi connectivity index (χ2v) is 5.29. The minimum atomic E-state index is -0.253. The predicted octanol–water partition coefficient (Wildman–Crippen LogP) is 3.91. The first kappa shape index (κ1) is 15.3. The molecule has 2 aromatic carbocycles. The van der Waals surface area contributed by atoms with Crippen LogP contribution in [0.15, 0.2) is 46.9 Å². The average molecular weight is 348 g/mol. The monoisotopic (exact) mass is 347 g/mol. The van der Waals surface area contributed by atoms with Crippen molar-refractivity contribution < 1.29 is 14.3 Å². The lowest BCUT2D eigenvalue weighted by Gasteiger charge is -2.09. The van der Waals surface area contributed by atoms with Crippen molar-refractivity contribution in [2.45, 2.75) is 6.92 Å². The minimum Gasteiger partial charge on any atom is -0.497 e. The highest BCUT2D eigenvalue weighted by Gasteiger charge is 2.12. The predicted molar refractivity (Wildman–Crippen MR) is 85.1 cm³/mol. The molecule has 0 aromatic heterocycles. The number of nitrogens with one attached hydrogen (secondary N) is 1. The van der Waals surface area contributed by atoms with Crippen LogP contribution in [0, 0.1) is 0 Å². The van der Waals surface area contributed by atoms with Crippen LogP contribution in [0.4, 0.5) is 5.69 Å². The van der Waals surface area contributed by atoms with Crippen LogP contribution in [-0.4, -0.2) is 18.8 Å². The Labute approximate surface area is 131 Å². The van der Waals surface area contributed by atoms with E-state index >= 15 is 0 Å². The first-order valence-electron chi connectivity index (χ1n) is 6.27. The van der Waals surface area contributed by atoms with E-state index in [0.717, 1.165) is 0 Å². The van der Waals surface area contributed by atoms with Crippen LogP contribution in [0.1, 0.15) is 27.6 Å². The molecule has 0 heterocycles. The van der Waals surface area contributed by atoms with Crippen LogP contribution in [0.3, 0.4) is 0 Å². The fourth-order valence-electron chi connectivity index (χ4n) is 1.79. The van der Waals surface area contributed by atoms with Gasteiger partial charge >= 0.3 is 0 Å². The van der Waals surface area contributed by atoms with Crippen molar-refractivity contribution in [3.05, 3.63) is 58.1 Å². The van der Waals surface area contributed by atoms with Crippen molar-refractivity contribution in [1.82, 2.24) is 0 Å². The van der Waals surface area contributed by atoms with Gasteiger partial charge in [0, 0.05) is 15.7 Å². The lowest BCUT2D eigenvalue weighted by molar-refractivity contribution is 0.101. The maximum atomic E-state index is 12.3. The molecule has 0 fully saturated rings. The van der Waals surface area contributed by atoms with Gasteiger partial charge in [-0.1, -0.05) is 0 Å². The van der Waals surface area contributed by atoms with Crippen molar-refractivity contribution in [2.24, 2.45) is 0 Å². The maximum absolute atomic E-state index is 12.3. The first-order valence-corrected chi connectivity index (χ1v) is 7.06.